The highest BCUT2D eigenvalue weighted by molar-refractivity contribution is 5.51. The van der Waals surface area contributed by atoms with Gasteiger partial charge in [-0.05, 0) is 37.7 Å². The van der Waals surface area contributed by atoms with E-state index in [2.05, 4.69) is 18.7 Å². The van der Waals surface area contributed by atoms with Gasteiger partial charge in [-0.25, -0.2) is 4.39 Å². The zero-order chi connectivity index (χ0) is 13.7. The van der Waals surface area contributed by atoms with Gasteiger partial charge >= 0.3 is 0 Å². The Labute approximate surface area is 116 Å². The lowest BCUT2D eigenvalue weighted by atomic mass is 9.82. The number of rotatable bonds is 4. The summed E-state index contributed by atoms with van der Waals surface area (Å²) in [6.07, 6.45) is 17.5. The van der Waals surface area contributed by atoms with Crippen LogP contribution in [0.2, 0.25) is 0 Å². The lowest BCUT2D eigenvalue weighted by molar-refractivity contribution is 0.399. The third-order valence-corrected chi connectivity index (χ3v) is 4.12. The first-order valence-corrected chi connectivity index (χ1v) is 7.30. The summed E-state index contributed by atoms with van der Waals surface area (Å²) >= 11 is 0. The fraction of sp³-hybridized carbons (Fsp3) is 0.444. The van der Waals surface area contributed by atoms with Crippen LogP contribution in [0.5, 0.6) is 0 Å². The zero-order valence-electron chi connectivity index (χ0n) is 11.8. The number of halogens is 1. The van der Waals surface area contributed by atoms with Gasteiger partial charge in [-0.3, -0.25) is 0 Å². The number of hydrogen-bond acceptors (Lipinski definition) is 0. The Morgan fingerprint density at radius 2 is 2.00 bits per heavy atom. The average Bonchev–Trinajstić information content (AvgIpc) is 2.89. The van der Waals surface area contributed by atoms with E-state index >= 15 is 0 Å². The van der Waals surface area contributed by atoms with Crippen LogP contribution in [0.3, 0.4) is 0 Å². The van der Waals surface area contributed by atoms with Crippen LogP contribution in [0.4, 0.5) is 4.39 Å². The van der Waals surface area contributed by atoms with Gasteiger partial charge in [0.25, 0.3) is 0 Å². The third-order valence-electron chi connectivity index (χ3n) is 4.12. The van der Waals surface area contributed by atoms with Crippen molar-refractivity contribution in [2.75, 3.05) is 0 Å². The van der Waals surface area contributed by atoms with Crippen LogP contribution in [0.1, 0.15) is 45.4 Å². The van der Waals surface area contributed by atoms with Crippen molar-refractivity contribution in [1.29, 1.82) is 0 Å². The first-order valence-electron chi connectivity index (χ1n) is 7.30. The Bertz CT molecular complexity index is 454. The van der Waals surface area contributed by atoms with Gasteiger partial charge < -0.3 is 0 Å². The summed E-state index contributed by atoms with van der Waals surface area (Å²) in [4.78, 5) is 0. The molecule has 0 unspecified atom stereocenters. The Balaban J connectivity index is 2.03. The van der Waals surface area contributed by atoms with E-state index in [4.69, 9.17) is 0 Å². The van der Waals surface area contributed by atoms with Crippen molar-refractivity contribution in [2.45, 2.75) is 45.4 Å². The van der Waals surface area contributed by atoms with Crippen molar-refractivity contribution >= 4 is 0 Å². The van der Waals surface area contributed by atoms with Gasteiger partial charge in [0.2, 0.25) is 0 Å². The van der Waals surface area contributed by atoms with Crippen LogP contribution < -0.4 is 0 Å². The molecule has 0 N–H and O–H groups in total. The quantitative estimate of drug-likeness (QED) is 0.558. The molecule has 0 heterocycles. The van der Waals surface area contributed by atoms with Gasteiger partial charge in [0, 0.05) is 5.57 Å². The van der Waals surface area contributed by atoms with Gasteiger partial charge in [0.15, 0.2) is 0 Å². The lowest BCUT2D eigenvalue weighted by Crippen LogP contribution is -2.08. The van der Waals surface area contributed by atoms with Crippen molar-refractivity contribution in [3.05, 3.63) is 59.5 Å². The highest BCUT2D eigenvalue weighted by Crippen LogP contribution is 2.38. The minimum Gasteiger partial charge on any atom is -0.207 e. The Hall–Kier alpha value is -1.37. The Kier molecular flexibility index (Phi) is 4.95. The fourth-order valence-electron chi connectivity index (χ4n) is 3.05. The molecule has 0 aromatic rings. The van der Waals surface area contributed by atoms with E-state index < -0.39 is 0 Å². The predicted octanol–water partition coefficient (Wildman–Crippen LogP) is 5.81. The van der Waals surface area contributed by atoms with Crippen molar-refractivity contribution in [3.63, 3.8) is 0 Å². The van der Waals surface area contributed by atoms with Crippen molar-refractivity contribution in [3.8, 4) is 0 Å². The number of hydrogen-bond donors (Lipinski definition) is 0. The molecular formula is C18H23F. The molecule has 0 spiro atoms. The van der Waals surface area contributed by atoms with E-state index in [1.165, 1.54) is 37.7 Å². The minimum absolute atomic E-state index is 0.331. The Morgan fingerprint density at radius 1 is 1.26 bits per heavy atom. The normalized spacial score (nSPS) is 21.7. The first kappa shape index (κ1) is 14.0. The molecule has 0 aliphatic heterocycles. The van der Waals surface area contributed by atoms with Crippen molar-refractivity contribution in [1.82, 2.24) is 0 Å². The summed E-state index contributed by atoms with van der Waals surface area (Å²) in [5.41, 5.74) is 3.22. The lowest BCUT2D eigenvalue weighted by Gasteiger charge is -2.23. The Morgan fingerprint density at radius 3 is 2.63 bits per heavy atom. The molecule has 0 aromatic heterocycles. The van der Waals surface area contributed by atoms with E-state index in [0.29, 0.717) is 5.57 Å². The monoisotopic (exact) mass is 258 g/mol. The van der Waals surface area contributed by atoms with Crippen molar-refractivity contribution in [2.24, 2.45) is 5.92 Å². The van der Waals surface area contributed by atoms with E-state index in [9.17, 15) is 4.39 Å². The maximum atomic E-state index is 13.5. The van der Waals surface area contributed by atoms with Crippen LogP contribution in [0.15, 0.2) is 59.5 Å². The summed E-state index contributed by atoms with van der Waals surface area (Å²) in [5.74, 6) is 0.390. The molecular weight excluding hydrogens is 235 g/mol. The summed E-state index contributed by atoms with van der Waals surface area (Å²) < 4.78 is 13.5. The minimum atomic E-state index is -0.331. The van der Waals surface area contributed by atoms with Crippen LogP contribution in [0, 0.1) is 5.92 Å². The zero-order valence-corrected chi connectivity index (χ0v) is 11.8. The molecule has 2 rings (SSSR count). The maximum absolute atomic E-state index is 13.5. The summed E-state index contributed by atoms with van der Waals surface area (Å²) in [6.45, 7) is 5.39. The van der Waals surface area contributed by atoms with Gasteiger partial charge in [0.05, 0.1) is 0 Å². The van der Waals surface area contributed by atoms with Gasteiger partial charge in [-0.1, -0.05) is 61.8 Å². The standard InChI is InChI=1S/C18H23F/c1-3-4-10-18(14(2)19)17-12-11-16(13-17)15-8-6-5-7-9-15/h3-4,10-12,15H,2,5-9,13H2,1H3/b4-3-,18-10+. The predicted molar refractivity (Wildman–Crippen MR) is 80.5 cm³/mol. The second-order valence-electron chi connectivity index (χ2n) is 5.46. The molecule has 1 fully saturated rings. The highest BCUT2D eigenvalue weighted by Gasteiger charge is 2.22. The van der Waals surface area contributed by atoms with Gasteiger partial charge in [-0.15, -0.1) is 0 Å². The number of allylic oxidation sites excluding steroid dienone is 9. The topological polar surface area (TPSA) is 0 Å². The van der Waals surface area contributed by atoms with Crippen LogP contribution >= 0.6 is 0 Å². The molecule has 2 aliphatic rings. The van der Waals surface area contributed by atoms with Crippen LogP contribution in [-0.2, 0) is 0 Å². The second-order valence-corrected chi connectivity index (χ2v) is 5.46. The molecule has 1 saturated carbocycles. The van der Waals surface area contributed by atoms with E-state index in [-0.39, 0.29) is 5.83 Å². The molecule has 19 heavy (non-hydrogen) atoms. The fourth-order valence-corrected chi connectivity index (χ4v) is 3.05. The van der Waals surface area contributed by atoms with E-state index in [0.717, 1.165) is 17.9 Å². The average molecular weight is 258 g/mol. The van der Waals surface area contributed by atoms with E-state index in [1.807, 2.05) is 25.2 Å². The summed E-state index contributed by atoms with van der Waals surface area (Å²) in [7, 11) is 0. The maximum Gasteiger partial charge on any atom is 0.123 e. The molecule has 0 bridgehead atoms. The molecule has 0 aromatic carbocycles. The molecule has 0 amide bonds. The first-order chi connectivity index (χ1) is 9.22. The smallest absolute Gasteiger partial charge is 0.123 e. The molecule has 0 radical (unpaired) electrons. The van der Waals surface area contributed by atoms with Gasteiger partial charge in [0.1, 0.15) is 5.83 Å². The van der Waals surface area contributed by atoms with Gasteiger partial charge in [-0.2, -0.15) is 0 Å². The van der Waals surface area contributed by atoms with Crippen molar-refractivity contribution < 1.29 is 4.39 Å². The molecule has 0 atom stereocenters. The SMILES string of the molecule is C=C(F)/C(=C\C=C/C)C1=CC=C(C2CCCCC2)C1. The molecule has 0 nitrogen and oxygen atoms in total. The molecule has 1 heteroatoms. The van der Waals surface area contributed by atoms with E-state index in [1.54, 1.807) is 0 Å². The van der Waals surface area contributed by atoms with Crippen LogP contribution in [-0.4, -0.2) is 0 Å². The molecule has 102 valence electrons. The third kappa shape index (κ3) is 3.56. The summed E-state index contributed by atoms with van der Waals surface area (Å²) in [6, 6.07) is 0. The summed E-state index contributed by atoms with van der Waals surface area (Å²) in [5, 5.41) is 0. The second kappa shape index (κ2) is 6.70. The highest BCUT2D eigenvalue weighted by atomic mass is 19.1. The molecule has 2 aliphatic carbocycles. The largest absolute Gasteiger partial charge is 0.207 e. The van der Waals surface area contributed by atoms with Crippen LogP contribution in [0.25, 0.3) is 0 Å². The molecule has 0 saturated heterocycles.